The van der Waals surface area contributed by atoms with E-state index in [9.17, 15) is 9.59 Å². The molecule has 2 heteroatoms. The van der Waals surface area contributed by atoms with Gasteiger partial charge >= 0.3 is 0 Å². The summed E-state index contributed by atoms with van der Waals surface area (Å²) in [5, 5.41) is 0. The average molecular weight is 140 g/mol. The third kappa shape index (κ3) is 7.08. The molecule has 0 aliphatic heterocycles. The minimum absolute atomic E-state index is 0.634. The number of carbonyl (C=O) groups is 2. The van der Waals surface area contributed by atoms with Crippen LogP contribution in [0.2, 0.25) is 0 Å². The quantitative estimate of drug-likeness (QED) is 0.318. The van der Waals surface area contributed by atoms with Crippen LogP contribution in [0.5, 0.6) is 0 Å². The van der Waals surface area contributed by atoms with Crippen LogP contribution in [0.3, 0.4) is 0 Å². The van der Waals surface area contributed by atoms with Gasteiger partial charge in [0, 0.05) is 6.42 Å². The fraction of sp³-hybridized carbons (Fsp3) is 0.500. The molecule has 0 spiro atoms. The first-order valence-corrected chi connectivity index (χ1v) is 3.45. The lowest BCUT2D eigenvalue weighted by Gasteiger charge is -1.88. The van der Waals surface area contributed by atoms with Crippen LogP contribution in [-0.4, -0.2) is 12.6 Å². The predicted octanol–water partition coefficient (Wildman–Crippen LogP) is 1.50. The Bertz CT molecular complexity index is 116. The van der Waals surface area contributed by atoms with Crippen molar-refractivity contribution in [1.82, 2.24) is 0 Å². The maximum atomic E-state index is 9.82. The van der Waals surface area contributed by atoms with E-state index < -0.39 is 0 Å². The Morgan fingerprint density at radius 1 is 1.00 bits per heavy atom. The Balaban J connectivity index is 2.96. The lowest BCUT2D eigenvalue weighted by atomic mass is 10.2. The molecule has 0 aromatic heterocycles. The van der Waals surface area contributed by atoms with Gasteiger partial charge in [-0.2, -0.15) is 0 Å². The summed E-state index contributed by atoms with van der Waals surface area (Å²) < 4.78 is 0. The van der Waals surface area contributed by atoms with Crippen molar-refractivity contribution in [1.29, 1.82) is 0 Å². The van der Waals surface area contributed by atoms with Crippen LogP contribution < -0.4 is 0 Å². The first kappa shape index (κ1) is 9.08. The molecule has 0 bridgehead atoms. The molecule has 10 heavy (non-hydrogen) atoms. The number of carbonyl (C=O) groups excluding carboxylic acids is 2. The van der Waals surface area contributed by atoms with Gasteiger partial charge in [0.05, 0.1) is 0 Å². The van der Waals surface area contributed by atoms with Gasteiger partial charge in [0.15, 0.2) is 0 Å². The highest BCUT2D eigenvalue weighted by molar-refractivity contribution is 5.64. The normalized spacial score (nSPS) is 10.0. The minimum atomic E-state index is 0.634. The van der Waals surface area contributed by atoms with E-state index in [-0.39, 0.29) is 0 Å². The highest BCUT2D eigenvalue weighted by atomic mass is 16.1. The van der Waals surface area contributed by atoms with E-state index in [0.29, 0.717) is 6.42 Å². The molecule has 0 fully saturated rings. The van der Waals surface area contributed by atoms with Crippen molar-refractivity contribution < 1.29 is 9.59 Å². The van der Waals surface area contributed by atoms with Gasteiger partial charge in [-0.15, -0.1) is 0 Å². The molecule has 0 aromatic carbocycles. The molecule has 0 N–H and O–H groups in total. The summed E-state index contributed by atoms with van der Waals surface area (Å²) >= 11 is 0. The fourth-order valence-electron chi connectivity index (χ4n) is 0.642. The van der Waals surface area contributed by atoms with Crippen LogP contribution in [0, 0.1) is 0 Å². The smallest absolute Gasteiger partial charge is 0.142 e. The molecule has 0 unspecified atom stereocenters. The van der Waals surface area contributed by atoms with E-state index >= 15 is 0 Å². The summed E-state index contributed by atoms with van der Waals surface area (Å²) in [7, 11) is 0. The van der Waals surface area contributed by atoms with Crippen LogP contribution in [0.25, 0.3) is 0 Å². The van der Waals surface area contributed by atoms with Crippen molar-refractivity contribution in [3.05, 3.63) is 12.2 Å². The molecule has 0 atom stereocenters. The van der Waals surface area contributed by atoms with E-state index in [1.54, 1.807) is 0 Å². The van der Waals surface area contributed by atoms with Crippen molar-refractivity contribution in [2.75, 3.05) is 0 Å². The molecule has 0 saturated carbocycles. The van der Waals surface area contributed by atoms with Crippen LogP contribution in [0.1, 0.15) is 25.7 Å². The molecule has 0 rings (SSSR count). The van der Waals surface area contributed by atoms with Gasteiger partial charge in [-0.25, -0.2) is 0 Å². The zero-order valence-corrected chi connectivity index (χ0v) is 5.95. The van der Waals surface area contributed by atoms with Crippen LogP contribution >= 0.6 is 0 Å². The van der Waals surface area contributed by atoms with E-state index in [4.69, 9.17) is 0 Å². The van der Waals surface area contributed by atoms with E-state index in [1.807, 2.05) is 6.08 Å². The summed E-state index contributed by atoms with van der Waals surface area (Å²) in [6.07, 6.45) is 8.43. The first-order chi connectivity index (χ1) is 4.91. The molecule has 2 nitrogen and oxygen atoms in total. The molecule has 0 saturated heterocycles. The Morgan fingerprint density at radius 2 is 1.70 bits per heavy atom. The second-order valence-electron chi connectivity index (χ2n) is 2.02. The first-order valence-electron chi connectivity index (χ1n) is 3.45. The van der Waals surface area contributed by atoms with Crippen molar-refractivity contribution in [2.24, 2.45) is 0 Å². The third-order valence-corrected chi connectivity index (χ3v) is 1.16. The molecule has 0 heterocycles. The number of rotatable bonds is 6. The third-order valence-electron chi connectivity index (χ3n) is 1.16. The number of allylic oxidation sites excluding steroid dienone is 2. The zero-order valence-electron chi connectivity index (χ0n) is 5.95. The van der Waals surface area contributed by atoms with Crippen molar-refractivity contribution >= 4 is 12.6 Å². The van der Waals surface area contributed by atoms with Crippen molar-refractivity contribution in [3.8, 4) is 0 Å². The zero-order chi connectivity index (χ0) is 7.66. The highest BCUT2D eigenvalue weighted by Crippen LogP contribution is 1.97. The molecule has 0 aliphatic carbocycles. The standard InChI is InChI=1S/C8H12O2/c9-7-5-3-1-2-4-6-8-10/h3,5,7-8H,1-2,4,6H2. The Kier molecular flexibility index (Phi) is 7.34. The maximum absolute atomic E-state index is 9.82. The van der Waals surface area contributed by atoms with Crippen LogP contribution in [-0.2, 0) is 9.59 Å². The number of aldehydes is 2. The molecule has 56 valence electrons. The second-order valence-corrected chi connectivity index (χ2v) is 2.02. The minimum Gasteiger partial charge on any atom is -0.303 e. The van der Waals surface area contributed by atoms with Crippen molar-refractivity contribution in [3.63, 3.8) is 0 Å². The van der Waals surface area contributed by atoms with Gasteiger partial charge in [0.1, 0.15) is 12.6 Å². The van der Waals surface area contributed by atoms with Gasteiger partial charge in [-0.1, -0.05) is 6.08 Å². The second kappa shape index (κ2) is 8.08. The summed E-state index contributed by atoms with van der Waals surface area (Å²) in [5.41, 5.74) is 0. The molecule has 0 aliphatic rings. The predicted molar refractivity (Wildman–Crippen MR) is 39.7 cm³/mol. The Labute approximate surface area is 60.9 Å². The van der Waals surface area contributed by atoms with Gasteiger partial charge in [0.2, 0.25) is 0 Å². The molecule has 0 radical (unpaired) electrons. The number of hydrogen-bond acceptors (Lipinski definition) is 2. The Morgan fingerprint density at radius 3 is 2.30 bits per heavy atom. The van der Waals surface area contributed by atoms with Gasteiger partial charge < -0.3 is 4.79 Å². The van der Waals surface area contributed by atoms with Gasteiger partial charge in [-0.3, -0.25) is 4.79 Å². The largest absolute Gasteiger partial charge is 0.303 e. The van der Waals surface area contributed by atoms with E-state index in [1.165, 1.54) is 6.08 Å². The highest BCUT2D eigenvalue weighted by Gasteiger charge is 1.82. The summed E-state index contributed by atoms with van der Waals surface area (Å²) in [4.78, 5) is 19.6. The summed E-state index contributed by atoms with van der Waals surface area (Å²) in [5.74, 6) is 0. The molecular weight excluding hydrogens is 128 g/mol. The summed E-state index contributed by atoms with van der Waals surface area (Å²) in [6, 6.07) is 0. The summed E-state index contributed by atoms with van der Waals surface area (Å²) in [6.45, 7) is 0. The lowest BCUT2D eigenvalue weighted by Crippen LogP contribution is -1.75. The van der Waals surface area contributed by atoms with E-state index in [2.05, 4.69) is 0 Å². The van der Waals surface area contributed by atoms with Gasteiger partial charge in [-0.05, 0) is 25.3 Å². The van der Waals surface area contributed by atoms with Gasteiger partial charge in [0.25, 0.3) is 0 Å². The van der Waals surface area contributed by atoms with Crippen LogP contribution in [0.4, 0.5) is 0 Å². The fourth-order valence-corrected chi connectivity index (χ4v) is 0.642. The number of hydrogen-bond donors (Lipinski definition) is 0. The molecule has 0 aromatic rings. The average Bonchev–Trinajstić information content (AvgIpc) is 1.97. The van der Waals surface area contributed by atoms with Crippen LogP contribution in [0.15, 0.2) is 12.2 Å². The number of unbranched alkanes of at least 4 members (excludes halogenated alkanes) is 3. The van der Waals surface area contributed by atoms with E-state index in [0.717, 1.165) is 31.8 Å². The monoisotopic (exact) mass is 140 g/mol. The molecule has 0 amide bonds. The van der Waals surface area contributed by atoms with Crippen molar-refractivity contribution in [2.45, 2.75) is 25.7 Å². The SMILES string of the molecule is O=CC=CCCCCC=O. The molecular formula is C8H12O2. The topological polar surface area (TPSA) is 34.1 Å². The lowest BCUT2D eigenvalue weighted by molar-refractivity contribution is -0.108. The maximum Gasteiger partial charge on any atom is 0.142 e. The Hall–Kier alpha value is -0.920.